The Morgan fingerprint density at radius 3 is 2.57 bits per heavy atom. The van der Waals surface area contributed by atoms with Crippen molar-refractivity contribution >= 4 is 45.6 Å². The number of fused-ring (bicyclic) bond motifs is 1. The topological polar surface area (TPSA) is 52.3 Å². The molecule has 4 rings (SSSR count). The van der Waals surface area contributed by atoms with E-state index in [9.17, 15) is 13.2 Å². The van der Waals surface area contributed by atoms with Gasteiger partial charge in [0.2, 0.25) is 11.2 Å². The normalized spacial score (nSPS) is 11.4. The van der Waals surface area contributed by atoms with Crippen molar-refractivity contribution in [1.82, 2.24) is 19.8 Å². The first-order valence-corrected chi connectivity index (χ1v) is 9.77. The highest BCUT2D eigenvalue weighted by Gasteiger charge is 2.31. The van der Waals surface area contributed by atoms with Gasteiger partial charge < -0.3 is 4.74 Å². The van der Waals surface area contributed by atoms with Gasteiger partial charge in [-0.1, -0.05) is 46.3 Å². The fraction of sp³-hybridized carbons (Fsp3) is 0.105. The first-order valence-electron chi connectivity index (χ1n) is 8.27. The molecule has 0 bridgehead atoms. The number of rotatable bonds is 4. The maximum atomic E-state index is 13.3. The molecule has 0 N–H and O–H groups in total. The van der Waals surface area contributed by atoms with Gasteiger partial charge in [0.1, 0.15) is 5.75 Å². The van der Waals surface area contributed by atoms with Crippen molar-refractivity contribution in [2.45, 2.75) is 11.5 Å². The summed E-state index contributed by atoms with van der Waals surface area (Å²) < 4.78 is 46.8. The van der Waals surface area contributed by atoms with Crippen LogP contribution < -0.4 is 4.74 Å². The Morgan fingerprint density at radius 1 is 1.03 bits per heavy atom. The molecule has 0 spiro atoms. The molecule has 0 aliphatic heterocycles. The van der Waals surface area contributed by atoms with E-state index in [0.717, 1.165) is 17.7 Å². The van der Waals surface area contributed by atoms with Crippen molar-refractivity contribution in [2.24, 2.45) is 0 Å². The predicted octanol–water partition coefficient (Wildman–Crippen LogP) is 6.57. The molecular weight excluding hydrogens is 508 g/mol. The quantitative estimate of drug-likeness (QED) is 0.286. The van der Waals surface area contributed by atoms with Gasteiger partial charge in [-0.25, -0.2) is 0 Å². The van der Waals surface area contributed by atoms with E-state index in [0.29, 0.717) is 22.1 Å². The van der Waals surface area contributed by atoms with Gasteiger partial charge in [0.25, 0.3) is 0 Å². The lowest BCUT2D eigenvalue weighted by molar-refractivity contribution is -0.137. The van der Waals surface area contributed by atoms with E-state index >= 15 is 0 Å². The molecule has 0 radical (unpaired) electrons. The van der Waals surface area contributed by atoms with Crippen LogP contribution in [0.15, 0.2) is 54.6 Å². The summed E-state index contributed by atoms with van der Waals surface area (Å²) in [5.74, 6) is 0.0685. The average Bonchev–Trinajstić information content (AvgIpc) is 3.08. The molecule has 4 aromatic rings. The summed E-state index contributed by atoms with van der Waals surface area (Å²) >= 11 is 9.29. The van der Waals surface area contributed by atoms with E-state index in [1.54, 1.807) is 12.1 Å². The van der Waals surface area contributed by atoms with Crippen LogP contribution in [0.3, 0.4) is 0 Å². The SMILES string of the molecule is Cl.FC(F)(F)c1ccc(-c2cccc(CBr)c2)c(Oc2ccc3nnc(Cl)n3n2)c1. The largest absolute Gasteiger partial charge is 0.437 e. The molecule has 156 valence electrons. The van der Waals surface area contributed by atoms with Crippen LogP contribution in [-0.2, 0) is 11.5 Å². The van der Waals surface area contributed by atoms with Gasteiger partial charge in [0.15, 0.2) is 5.65 Å². The molecule has 30 heavy (non-hydrogen) atoms. The summed E-state index contributed by atoms with van der Waals surface area (Å²) in [4.78, 5) is 0. The van der Waals surface area contributed by atoms with Gasteiger partial charge >= 0.3 is 6.18 Å². The first-order chi connectivity index (χ1) is 13.8. The van der Waals surface area contributed by atoms with E-state index in [1.165, 1.54) is 16.6 Å². The monoisotopic (exact) mass is 518 g/mol. The lowest BCUT2D eigenvalue weighted by Gasteiger charge is -2.15. The van der Waals surface area contributed by atoms with Crippen molar-refractivity contribution in [3.63, 3.8) is 0 Å². The third kappa shape index (κ3) is 4.53. The molecule has 0 saturated carbocycles. The second kappa shape index (κ2) is 8.79. The van der Waals surface area contributed by atoms with Crippen LogP contribution in [0.4, 0.5) is 13.2 Å². The van der Waals surface area contributed by atoms with E-state index in [-0.39, 0.29) is 29.3 Å². The highest BCUT2D eigenvalue weighted by molar-refractivity contribution is 9.08. The van der Waals surface area contributed by atoms with Crippen LogP contribution in [0.2, 0.25) is 5.28 Å². The van der Waals surface area contributed by atoms with Crippen molar-refractivity contribution in [3.05, 3.63) is 71.0 Å². The van der Waals surface area contributed by atoms with Crippen LogP contribution in [0.5, 0.6) is 11.6 Å². The Balaban J connectivity index is 0.00000256. The first kappa shape index (κ1) is 22.3. The summed E-state index contributed by atoms with van der Waals surface area (Å²) in [6, 6.07) is 13.8. The summed E-state index contributed by atoms with van der Waals surface area (Å²) in [6.45, 7) is 0. The summed E-state index contributed by atoms with van der Waals surface area (Å²) in [5.41, 5.74) is 1.75. The maximum Gasteiger partial charge on any atom is 0.416 e. The number of nitrogens with zero attached hydrogens (tertiary/aromatic N) is 4. The number of ether oxygens (including phenoxy) is 1. The molecular formula is C19H12BrCl2F3N4O. The molecule has 11 heteroatoms. The van der Waals surface area contributed by atoms with Gasteiger partial charge in [-0.05, 0) is 40.9 Å². The number of benzene rings is 2. The fourth-order valence-electron chi connectivity index (χ4n) is 2.76. The minimum absolute atomic E-state index is 0. The fourth-order valence-corrected chi connectivity index (χ4v) is 3.27. The zero-order chi connectivity index (χ0) is 20.6. The van der Waals surface area contributed by atoms with Crippen LogP contribution in [-0.4, -0.2) is 19.8 Å². The number of halogens is 6. The standard InChI is InChI=1S/C19H11BrClF3N4O.ClH/c20-10-11-2-1-3-12(8-11)14-5-4-13(19(22,23)24)9-15(14)29-17-7-6-16-25-26-18(21)28(16)27-17;/h1-9H,10H2;1H. The second-order valence-corrected chi connectivity index (χ2v) is 6.95. The van der Waals surface area contributed by atoms with Crippen molar-refractivity contribution in [1.29, 1.82) is 0 Å². The molecule has 0 aliphatic carbocycles. The Kier molecular flexibility index (Phi) is 6.54. The molecule has 0 atom stereocenters. The van der Waals surface area contributed by atoms with Gasteiger partial charge in [0.05, 0.1) is 5.56 Å². The van der Waals surface area contributed by atoms with E-state index < -0.39 is 11.7 Å². The van der Waals surface area contributed by atoms with Gasteiger partial charge in [0, 0.05) is 17.0 Å². The number of hydrogen-bond acceptors (Lipinski definition) is 4. The molecule has 0 amide bonds. The number of aromatic nitrogens is 4. The molecule has 0 aliphatic rings. The molecule has 0 saturated heterocycles. The smallest absolute Gasteiger partial charge is 0.416 e. The van der Waals surface area contributed by atoms with Crippen LogP contribution in [0.25, 0.3) is 16.8 Å². The highest BCUT2D eigenvalue weighted by Crippen LogP contribution is 2.39. The molecule has 2 aromatic heterocycles. The lowest BCUT2D eigenvalue weighted by Crippen LogP contribution is -2.05. The maximum absolute atomic E-state index is 13.3. The Morgan fingerprint density at radius 2 is 1.83 bits per heavy atom. The van der Waals surface area contributed by atoms with Gasteiger partial charge in [-0.2, -0.15) is 17.7 Å². The zero-order valence-corrected chi connectivity index (χ0v) is 18.1. The van der Waals surface area contributed by atoms with Crippen LogP contribution in [0.1, 0.15) is 11.1 Å². The molecule has 2 aromatic carbocycles. The van der Waals surface area contributed by atoms with E-state index in [4.69, 9.17) is 16.3 Å². The molecule has 0 fully saturated rings. The average molecular weight is 520 g/mol. The van der Waals surface area contributed by atoms with E-state index in [1.807, 2.05) is 18.2 Å². The highest BCUT2D eigenvalue weighted by atomic mass is 79.9. The van der Waals surface area contributed by atoms with Crippen LogP contribution in [0, 0.1) is 0 Å². The minimum atomic E-state index is -4.51. The van der Waals surface area contributed by atoms with Gasteiger partial charge in [-0.15, -0.1) is 27.7 Å². The summed E-state index contributed by atoms with van der Waals surface area (Å²) in [5, 5.41) is 12.3. The molecule has 5 nitrogen and oxygen atoms in total. The molecule has 0 unspecified atom stereocenters. The zero-order valence-electron chi connectivity index (χ0n) is 14.9. The molecule has 2 heterocycles. The number of alkyl halides is 4. The third-order valence-corrected chi connectivity index (χ3v) is 5.00. The Bertz CT molecular complexity index is 1200. The Hall–Kier alpha value is -2.36. The van der Waals surface area contributed by atoms with Crippen molar-refractivity contribution in [3.8, 4) is 22.8 Å². The summed E-state index contributed by atoms with van der Waals surface area (Å²) in [7, 11) is 0. The lowest BCUT2D eigenvalue weighted by atomic mass is 10.0. The third-order valence-electron chi connectivity index (χ3n) is 4.12. The second-order valence-electron chi connectivity index (χ2n) is 6.06. The van der Waals surface area contributed by atoms with Crippen LogP contribution >= 0.6 is 39.9 Å². The van der Waals surface area contributed by atoms with Crippen molar-refractivity contribution in [2.75, 3.05) is 0 Å². The van der Waals surface area contributed by atoms with Crippen molar-refractivity contribution < 1.29 is 17.9 Å². The predicted molar refractivity (Wildman–Crippen MR) is 113 cm³/mol. The number of hydrogen-bond donors (Lipinski definition) is 0. The Labute approximate surface area is 188 Å². The minimum Gasteiger partial charge on any atom is -0.437 e. The van der Waals surface area contributed by atoms with E-state index in [2.05, 4.69) is 31.2 Å². The summed E-state index contributed by atoms with van der Waals surface area (Å²) in [6.07, 6.45) is -4.51. The van der Waals surface area contributed by atoms with Gasteiger partial charge in [-0.3, -0.25) is 0 Å².